The molecule has 2 amide bonds. The van der Waals surface area contributed by atoms with Crippen molar-refractivity contribution in [3.8, 4) is 0 Å². The highest BCUT2D eigenvalue weighted by Gasteiger charge is 2.31. The van der Waals surface area contributed by atoms with Gasteiger partial charge in [-0.3, -0.25) is 9.59 Å². The van der Waals surface area contributed by atoms with Crippen molar-refractivity contribution in [2.45, 2.75) is 57.9 Å². The maximum absolute atomic E-state index is 12.6. The molecule has 1 aromatic carbocycles. The number of carbonyl (C=O) groups excluding carboxylic acids is 2. The van der Waals surface area contributed by atoms with E-state index in [4.69, 9.17) is 0 Å². The Labute approximate surface area is 131 Å². The monoisotopic (exact) mass is 300 g/mol. The van der Waals surface area contributed by atoms with Crippen molar-refractivity contribution < 1.29 is 9.59 Å². The molecule has 118 valence electrons. The van der Waals surface area contributed by atoms with Crippen LogP contribution < -0.4 is 10.6 Å². The Bertz CT molecular complexity index is 576. The lowest BCUT2D eigenvalue weighted by Gasteiger charge is -2.23. The van der Waals surface area contributed by atoms with Gasteiger partial charge in [-0.25, -0.2) is 0 Å². The number of hydrogen-bond donors (Lipinski definition) is 2. The molecule has 2 aliphatic rings. The van der Waals surface area contributed by atoms with Crippen molar-refractivity contribution in [3.05, 3.63) is 29.3 Å². The second-order valence-electron chi connectivity index (χ2n) is 6.55. The van der Waals surface area contributed by atoms with Crippen LogP contribution in [-0.4, -0.2) is 17.9 Å². The van der Waals surface area contributed by atoms with E-state index in [1.54, 1.807) is 0 Å². The summed E-state index contributed by atoms with van der Waals surface area (Å²) in [6.07, 6.45) is 7.76. The third-order valence-corrected chi connectivity index (χ3v) is 4.88. The highest BCUT2D eigenvalue weighted by Crippen LogP contribution is 2.29. The highest BCUT2D eigenvalue weighted by molar-refractivity contribution is 5.97. The van der Waals surface area contributed by atoms with Gasteiger partial charge in [0.1, 0.15) is 6.04 Å². The lowest BCUT2D eigenvalue weighted by atomic mass is 9.97. The Morgan fingerprint density at radius 1 is 1.09 bits per heavy atom. The number of hydrogen-bond acceptors (Lipinski definition) is 2. The predicted molar refractivity (Wildman–Crippen MR) is 86.7 cm³/mol. The van der Waals surface area contributed by atoms with Gasteiger partial charge < -0.3 is 10.6 Å². The number of nitrogens with one attached hydrogen (secondary N) is 2. The van der Waals surface area contributed by atoms with Gasteiger partial charge in [0, 0.05) is 12.6 Å². The first kappa shape index (κ1) is 15.1. The number of anilines is 1. The molecule has 0 spiro atoms. The third-order valence-electron chi connectivity index (χ3n) is 4.88. The molecule has 2 aliphatic carbocycles. The first-order valence-electron chi connectivity index (χ1n) is 8.33. The maximum Gasteiger partial charge on any atom is 0.247 e. The SMILES string of the molecule is CC(=O)N[C@H](C(=O)Nc1ccc2c(c1)CCC2)C1CCCC1. The van der Waals surface area contributed by atoms with E-state index in [-0.39, 0.29) is 17.7 Å². The van der Waals surface area contributed by atoms with Gasteiger partial charge in [0.15, 0.2) is 0 Å². The van der Waals surface area contributed by atoms with Crippen molar-refractivity contribution in [2.24, 2.45) is 5.92 Å². The fraction of sp³-hybridized carbons (Fsp3) is 0.556. The van der Waals surface area contributed by atoms with Crippen molar-refractivity contribution in [1.82, 2.24) is 5.32 Å². The number of amides is 2. The Kier molecular flexibility index (Phi) is 4.46. The molecule has 22 heavy (non-hydrogen) atoms. The minimum Gasteiger partial charge on any atom is -0.344 e. The molecule has 4 nitrogen and oxygen atoms in total. The van der Waals surface area contributed by atoms with Crippen LogP contribution in [0, 0.1) is 5.92 Å². The minimum absolute atomic E-state index is 0.0833. The van der Waals surface area contributed by atoms with Crippen molar-refractivity contribution in [3.63, 3.8) is 0 Å². The summed E-state index contributed by atoms with van der Waals surface area (Å²) in [7, 11) is 0. The molecule has 0 radical (unpaired) electrons. The number of benzene rings is 1. The molecule has 0 heterocycles. The average Bonchev–Trinajstić information content (AvgIpc) is 3.15. The Hall–Kier alpha value is -1.84. The number of aryl methyl sites for hydroxylation is 2. The van der Waals surface area contributed by atoms with E-state index in [0.29, 0.717) is 0 Å². The zero-order valence-electron chi connectivity index (χ0n) is 13.2. The molecule has 0 aliphatic heterocycles. The molecular weight excluding hydrogens is 276 g/mol. The molecule has 1 saturated carbocycles. The molecule has 0 unspecified atom stereocenters. The molecule has 1 atom stereocenters. The zero-order chi connectivity index (χ0) is 15.5. The van der Waals surface area contributed by atoms with Crippen LogP contribution in [0.5, 0.6) is 0 Å². The van der Waals surface area contributed by atoms with Crippen LogP contribution in [0.1, 0.15) is 50.2 Å². The van der Waals surface area contributed by atoms with E-state index in [1.807, 2.05) is 6.07 Å². The molecule has 1 aromatic rings. The smallest absolute Gasteiger partial charge is 0.247 e. The number of rotatable bonds is 4. The van der Waals surface area contributed by atoms with Crippen LogP contribution in [0.4, 0.5) is 5.69 Å². The summed E-state index contributed by atoms with van der Waals surface area (Å²) in [5.41, 5.74) is 3.58. The maximum atomic E-state index is 12.6. The minimum atomic E-state index is -0.409. The summed E-state index contributed by atoms with van der Waals surface area (Å²) in [6.45, 7) is 1.48. The van der Waals surface area contributed by atoms with Gasteiger partial charge in [0.25, 0.3) is 0 Å². The van der Waals surface area contributed by atoms with Crippen molar-refractivity contribution in [2.75, 3.05) is 5.32 Å². The summed E-state index contributed by atoms with van der Waals surface area (Å²) in [5.74, 6) is 0.0411. The topological polar surface area (TPSA) is 58.2 Å². The van der Waals surface area contributed by atoms with Gasteiger partial charge in [0.2, 0.25) is 11.8 Å². The van der Waals surface area contributed by atoms with Gasteiger partial charge in [-0.15, -0.1) is 0 Å². The van der Waals surface area contributed by atoms with E-state index < -0.39 is 6.04 Å². The van der Waals surface area contributed by atoms with Crippen molar-refractivity contribution >= 4 is 17.5 Å². The molecule has 3 rings (SSSR count). The van der Waals surface area contributed by atoms with E-state index in [9.17, 15) is 9.59 Å². The highest BCUT2D eigenvalue weighted by atomic mass is 16.2. The lowest BCUT2D eigenvalue weighted by Crippen LogP contribution is -2.47. The molecule has 2 N–H and O–H groups in total. The van der Waals surface area contributed by atoms with Gasteiger partial charge in [-0.05, 0) is 61.3 Å². The van der Waals surface area contributed by atoms with E-state index in [1.165, 1.54) is 24.5 Å². The zero-order valence-corrected chi connectivity index (χ0v) is 13.2. The Morgan fingerprint density at radius 2 is 1.82 bits per heavy atom. The van der Waals surface area contributed by atoms with Crippen LogP contribution in [0.25, 0.3) is 0 Å². The third kappa shape index (κ3) is 3.32. The van der Waals surface area contributed by atoms with Crippen LogP contribution in [0.15, 0.2) is 18.2 Å². The van der Waals surface area contributed by atoms with Gasteiger partial charge in [0.05, 0.1) is 0 Å². The molecule has 0 bridgehead atoms. The first-order chi connectivity index (χ1) is 10.6. The molecule has 1 fully saturated rings. The lowest BCUT2D eigenvalue weighted by molar-refractivity contribution is -0.126. The molecule has 0 saturated heterocycles. The molecule has 4 heteroatoms. The normalized spacial score (nSPS) is 18.8. The van der Waals surface area contributed by atoms with Gasteiger partial charge >= 0.3 is 0 Å². The fourth-order valence-electron chi connectivity index (χ4n) is 3.78. The van der Waals surface area contributed by atoms with Gasteiger partial charge in [-0.1, -0.05) is 18.9 Å². The summed E-state index contributed by atoms with van der Waals surface area (Å²) in [5, 5.41) is 5.84. The van der Waals surface area contributed by atoms with Crippen molar-refractivity contribution in [1.29, 1.82) is 0 Å². The molecular formula is C18H24N2O2. The summed E-state index contributed by atoms with van der Waals surface area (Å²) >= 11 is 0. The number of carbonyl (C=O) groups is 2. The summed E-state index contributed by atoms with van der Waals surface area (Å²) in [6, 6.07) is 5.76. The predicted octanol–water partition coefficient (Wildman–Crippen LogP) is 2.81. The summed E-state index contributed by atoms with van der Waals surface area (Å²) in [4.78, 5) is 24.0. The largest absolute Gasteiger partial charge is 0.344 e. The second-order valence-corrected chi connectivity index (χ2v) is 6.55. The Morgan fingerprint density at radius 3 is 2.55 bits per heavy atom. The second kappa shape index (κ2) is 6.51. The Balaban J connectivity index is 1.71. The van der Waals surface area contributed by atoms with E-state index in [2.05, 4.69) is 22.8 Å². The summed E-state index contributed by atoms with van der Waals surface area (Å²) < 4.78 is 0. The van der Waals surface area contributed by atoms with Crippen LogP contribution in [0.2, 0.25) is 0 Å². The fourth-order valence-corrected chi connectivity index (χ4v) is 3.78. The van der Waals surface area contributed by atoms with E-state index in [0.717, 1.165) is 44.2 Å². The first-order valence-corrected chi connectivity index (χ1v) is 8.33. The van der Waals surface area contributed by atoms with Gasteiger partial charge in [-0.2, -0.15) is 0 Å². The quantitative estimate of drug-likeness (QED) is 0.898. The number of fused-ring (bicyclic) bond motifs is 1. The van der Waals surface area contributed by atoms with Crippen LogP contribution in [0.3, 0.4) is 0 Å². The standard InChI is InChI=1S/C18H24N2O2/c1-12(21)19-17(14-5-2-3-6-14)18(22)20-16-10-9-13-7-4-8-15(13)11-16/h9-11,14,17H,2-8H2,1H3,(H,19,21)(H,20,22)/t17-/m0/s1. The van der Waals surface area contributed by atoms with Crippen LogP contribution >= 0.6 is 0 Å². The average molecular weight is 300 g/mol. The molecule has 0 aromatic heterocycles. The van der Waals surface area contributed by atoms with Crippen LogP contribution in [-0.2, 0) is 22.4 Å². The van der Waals surface area contributed by atoms with E-state index >= 15 is 0 Å².